The van der Waals surface area contributed by atoms with Gasteiger partial charge < -0.3 is 26.6 Å². The number of hydrogen-bond donors (Lipinski definition) is 4. The Labute approximate surface area is 201 Å². The van der Waals surface area contributed by atoms with Crippen LogP contribution in [0, 0.1) is 6.92 Å². The molecule has 1 aliphatic heterocycles. The first kappa shape index (κ1) is 25.6. The van der Waals surface area contributed by atoms with Crippen molar-refractivity contribution >= 4 is 22.8 Å². The minimum absolute atomic E-state index is 0.147. The Morgan fingerprint density at radius 2 is 1.94 bits per heavy atom. The molecule has 0 bridgehead atoms. The number of aliphatic hydroxyl groups excluding tert-OH is 1. The van der Waals surface area contributed by atoms with Crippen molar-refractivity contribution in [2.24, 2.45) is 0 Å². The van der Waals surface area contributed by atoms with Gasteiger partial charge >= 0.3 is 0 Å². The third kappa shape index (κ3) is 6.32. The lowest BCUT2D eigenvalue weighted by Gasteiger charge is -2.23. The maximum atomic E-state index is 8.29. The van der Waals surface area contributed by atoms with E-state index in [9.17, 15) is 0 Å². The Bertz CT molecular complexity index is 1060. The minimum atomic E-state index is 0.147. The largest absolute Gasteiger partial charge is 0.496 e. The van der Waals surface area contributed by atoms with Gasteiger partial charge in [0.05, 0.1) is 19.3 Å². The Kier molecular flexibility index (Phi) is 9.41. The van der Waals surface area contributed by atoms with E-state index in [2.05, 4.69) is 27.3 Å². The van der Waals surface area contributed by atoms with Gasteiger partial charge in [0.25, 0.3) is 0 Å². The molecule has 3 aromatic rings. The summed E-state index contributed by atoms with van der Waals surface area (Å²) < 4.78 is 7.42. The Morgan fingerprint density at radius 3 is 2.62 bits per heavy atom. The zero-order valence-corrected chi connectivity index (χ0v) is 20.5. The van der Waals surface area contributed by atoms with Crippen molar-refractivity contribution in [1.29, 1.82) is 0 Å². The molecule has 0 saturated carbocycles. The zero-order chi connectivity index (χ0) is 24.5. The van der Waals surface area contributed by atoms with Crippen LogP contribution in [0.5, 0.6) is 5.75 Å². The molecule has 10 nitrogen and oxygen atoms in total. The van der Waals surface area contributed by atoms with Crippen molar-refractivity contribution in [2.75, 3.05) is 38.3 Å². The predicted octanol–water partition coefficient (Wildman–Crippen LogP) is 2.78. The number of nitrogens with two attached hydrogens (primary N) is 2. The van der Waals surface area contributed by atoms with Gasteiger partial charge in [0.1, 0.15) is 16.8 Å². The molecule has 0 atom stereocenters. The Hall–Kier alpha value is -2.98. The number of methoxy groups -OCH3 is 1. The lowest BCUT2D eigenvalue weighted by Crippen LogP contribution is -2.27. The van der Waals surface area contributed by atoms with Gasteiger partial charge in [-0.2, -0.15) is 10.1 Å². The van der Waals surface area contributed by atoms with Crippen LogP contribution in [-0.4, -0.2) is 56.6 Å². The van der Waals surface area contributed by atoms with Crippen LogP contribution < -0.4 is 21.5 Å². The van der Waals surface area contributed by atoms with Gasteiger partial charge in [-0.05, 0) is 39.3 Å². The second-order valence-electron chi connectivity index (χ2n) is 8.64. The summed E-state index contributed by atoms with van der Waals surface area (Å²) in [5, 5.41) is 16.2. The summed E-state index contributed by atoms with van der Waals surface area (Å²) in [6.45, 7) is 6.91. The monoisotopic (exact) mass is 470 g/mol. The van der Waals surface area contributed by atoms with Gasteiger partial charge in [0.15, 0.2) is 5.82 Å². The number of rotatable bonds is 8. The number of anilines is 2. The topological polar surface area (TPSA) is 150 Å². The molecule has 0 aliphatic carbocycles. The fourth-order valence-electron chi connectivity index (χ4n) is 4.22. The lowest BCUT2D eigenvalue weighted by atomic mass is 9.93. The molecule has 0 aromatic carbocycles. The number of pyridine rings is 1. The molecular weight excluding hydrogens is 432 g/mol. The van der Waals surface area contributed by atoms with Crippen molar-refractivity contribution in [3.63, 3.8) is 0 Å². The molecule has 0 amide bonds. The first-order valence-electron chi connectivity index (χ1n) is 12.1. The van der Waals surface area contributed by atoms with E-state index < -0.39 is 0 Å². The number of piperidine rings is 1. The summed E-state index contributed by atoms with van der Waals surface area (Å²) >= 11 is 0. The van der Waals surface area contributed by atoms with E-state index in [0.29, 0.717) is 35.9 Å². The number of nitrogens with zero attached hydrogens (tertiary/aromatic N) is 5. The van der Waals surface area contributed by atoms with Gasteiger partial charge in [-0.3, -0.25) is 9.67 Å². The standard InChI is InChI=1S/C18H24N8O.C6H14O/c1-10-15-16(17(19)24-18(20)23-15)26(25-10)9-12-8-22-13(7-14(12)27-2)11-3-5-21-6-4-11;1-2-3-4-5-6-7/h7-8,11,21H,3-6,9H2,1-2H3,(H4,19,20,23,24);7H,2-6H2,1H3. The SMILES string of the molecule is CCCCCCO.COc1cc(C2CCNCC2)ncc1Cn1nc(C)c2nc(N)nc(N)c21. The number of nitrogens with one attached hydrogen (secondary N) is 1. The molecule has 0 unspecified atom stereocenters. The van der Waals surface area contributed by atoms with Crippen LogP contribution >= 0.6 is 0 Å². The molecule has 0 radical (unpaired) electrons. The lowest BCUT2D eigenvalue weighted by molar-refractivity contribution is 0.283. The first-order chi connectivity index (χ1) is 16.5. The molecule has 186 valence electrons. The number of nitrogen functional groups attached to an aromatic ring is 2. The van der Waals surface area contributed by atoms with E-state index in [0.717, 1.165) is 55.1 Å². The van der Waals surface area contributed by atoms with Crippen LogP contribution in [0.2, 0.25) is 0 Å². The van der Waals surface area contributed by atoms with Crippen LogP contribution in [0.25, 0.3) is 11.0 Å². The third-order valence-corrected chi connectivity index (χ3v) is 6.07. The second kappa shape index (κ2) is 12.5. The first-order valence-corrected chi connectivity index (χ1v) is 12.1. The number of hydrogen-bond acceptors (Lipinski definition) is 9. The molecule has 1 fully saturated rings. The van der Waals surface area contributed by atoms with Crippen LogP contribution in [0.1, 0.15) is 68.3 Å². The number of ether oxygens (including phenoxy) is 1. The number of aromatic nitrogens is 5. The normalized spacial score (nSPS) is 14.1. The Morgan fingerprint density at radius 1 is 1.18 bits per heavy atom. The molecule has 6 N–H and O–H groups in total. The van der Waals surface area contributed by atoms with Crippen molar-refractivity contribution in [1.82, 2.24) is 30.0 Å². The van der Waals surface area contributed by atoms with Crippen molar-refractivity contribution in [2.45, 2.75) is 64.8 Å². The summed E-state index contributed by atoms with van der Waals surface area (Å²) in [5.41, 5.74) is 15.9. The maximum Gasteiger partial charge on any atom is 0.222 e. The highest BCUT2D eigenvalue weighted by atomic mass is 16.5. The van der Waals surface area contributed by atoms with Crippen molar-refractivity contribution in [3.05, 3.63) is 29.2 Å². The molecule has 3 aromatic heterocycles. The molecule has 0 spiro atoms. The molecule has 10 heteroatoms. The predicted molar refractivity (Wildman–Crippen MR) is 135 cm³/mol. The number of aryl methyl sites for hydroxylation is 1. The van der Waals surface area contributed by atoms with E-state index in [1.807, 2.05) is 19.2 Å². The average molecular weight is 471 g/mol. The van der Waals surface area contributed by atoms with E-state index in [-0.39, 0.29) is 5.95 Å². The molecule has 4 heterocycles. The number of unbranched alkanes of at least 4 members (excludes halogenated alkanes) is 3. The summed E-state index contributed by atoms with van der Waals surface area (Å²) in [5.74, 6) is 1.73. The Balaban J connectivity index is 0.000000406. The van der Waals surface area contributed by atoms with Gasteiger partial charge in [-0.1, -0.05) is 26.2 Å². The maximum absolute atomic E-state index is 8.29. The van der Waals surface area contributed by atoms with Gasteiger partial charge in [-0.15, -0.1) is 0 Å². The molecule has 4 rings (SSSR count). The van der Waals surface area contributed by atoms with Gasteiger partial charge in [-0.25, -0.2) is 4.98 Å². The fourth-order valence-corrected chi connectivity index (χ4v) is 4.22. The summed E-state index contributed by atoms with van der Waals surface area (Å²) in [4.78, 5) is 13.0. The van der Waals surface area contributed by atoms with E-state index in [1.165, 1.54) is 19.3 Å². The third-order valence-electron chi connectivity index (χ3n) is 6.07. The summed E-state index contributed by atoms with van der Waals surface area (Å²) in [6, 6.07) is 2.04. The molecule has 1 saturated heterocycles. The van der Waals surface area contributed by atoms with Crippen molar-refractivity contribution in [3.8, 4) is 5.75 Å². The van der Waals surface area contributed by atoms with Crippen LogP contribution in [0.4, 0.5) is 11.8 Å². The minimum Gasteiger partial charge on any atom is -0.496 e. The molecule has 34 heavy (non-hydrogen) atoms. The van der Waals surface area contributed by atoms with E-state index in [4.69, 9.17) is 26.3 Å². The number of aliphatic hydroxyl groups is 1. The van der Waals surface area contributed by atoms with Crippen LogP contribution in [-0.2, 0) is 6.54 Å². The average Bonchev–Trinajstić information content (AvgIpc) is 3.15. The van der Waals surface area contributed by atoms with E-state index in [1.54, 1.807) is 11.8 Å². The van der Waals surface area contributed by atoms with Crippen molar-refractivity contribution < 1.29 is 9.84 Å². The number of fused-ring (bicyclic) bond motifs is 1. The fraction of sp³-hybridized carbons (Fsp3) is 0.583. The van der Waals surface area contributed by atoms with E-state index >= 15 is 0 Å². The summed E-state index contributed by atoms with van der Waals surface area (Å²) in [6.07, 6.45) is 8.73. The molecule has 1 aliphatic rings. The van der Waals surface area contributed by atoms with Gasteiger partial charge in [0, 0.05) is 36.0 Å². The quantitative estimate of drug-likeness (QED) is 0.364. The highest BCUT2D eigenvalue weighted by Gasteiger charge is 2.20. The highest BCUT2D eigenvalue weighted by molar-refractivity contribution is 5.87. The van der Waals surface area contributed by atoms with Crippen LogP contribution in [0.3, 0.4) is 0 Å². The highest BCUT2D eigenvalue weighted by Crippen LogP contribution is 2.29. The zero-order valence-electron chi connectivity index (χ0n) is 20.5. The summed E-state index contributed by atoms with van der Waals surface area (Å²) in [7, 11) is 1.68. The second-order valence-corrected chi connectivity index (χ2v) is 8.64. The van der Waals surface area contributed by atoms with Gasteiger partial charge in [0.2, 0.25) is 5.95 Å². The van der Waals surface area contributed by atoms with Crippen LogP contribution in [0.15, 0.2) is 12.3 Å². The smallest absolute Gasteiger partial charge is 0.222 e. The molecular formula is C24H38N8O2.